The van der Waals surface area contributed by atoms with Crippen molar-refractivity contribution in [3.05, 3.63) is 48.7 Å². The summed E-state index contributed by atoms with van der Waals surface area (Å²) in [6.07, 6.45) is 3.82. The fourth-order valence-corrected chi connectivity index (χ4v) is 3.58. The summed E-state index contributed by atoms with van der Waals surface area (Å²) in [5, 5.41) is 9.79. The van der Waals surface area contributed by atoms with Crippen molar-refractivity contribution >= 4 is 18.2 Å². The number of hydrogen-bond donors (Lipinski definition) is 1. The number of pyridine rings is 1. The number of aromatic nitrogens is 3. The Kier molecular flexibility index (Phi) is 4.08. The van der Waals surface area contributed by atoms with Crippen molar-refractivity contribution in [1.82, 2.24) is 19.3 Å². The zero-order valence-corrected chi connectivity index (χ0v) is 13.8. The van der Waals surface area contributed by atoms with E-state index in [-0.39, 0.29) is 7.05 Å². The Labute approximate surface area is 142 Å². The lowest BCUT2D eigenvalue weighted by Gasteiger charge is -2.34. The maximum absolute atomic E-state index is 9.79. The molecule has 0 bridgehead atoms. The quantitative estimate of drug-likeness (QED) is 0.754. The van der Waals surface area contributed by atoms with Crippen LogP contribution in [0.5, 0.6) is 0 Å². The number of imidazole rings is 1. The Balaban J connectivity index is 1.77. The molecule has 3 aromatic rings. The lowest BCUT2D eigenvalue weighted by molar-refractivity contribution is 0.255. The predicted molar refractivity (Wildman–Crippen MR) is 96.6 cm³/mol. The molecule has 0 radical (unpaired) electrons. The van der Waals surface area contributed by atoms with E-state index in [2.05, 4.69) is 26.5 Å². The molecule has 1 fully saturated rings. The first kappa shape index (κ1) is 15.4. The van der Waals surface area contributed by atoms with Gasteiger partial charge in [-0.25, -0.2) is 9.97 Å². The number of nitrogens with zero attached hydrogens (tertiary/aromatic N) is 4. The normalized spacial score (nSPS) is 16.6. The Bertz CT molecular complexity index is 825. The van der Waals surface area contributed by atoms with Gasteiger partial charge < -0.3 is 14.4 Å². The van der Waals surface area contributed by atoms with Crippen LogP contribution < -0.4 is 0 Å². The smallest absolute Gasteiger partial charge is 0.376 e. The molecule has 24 heavy (non-hydrogen) atoms. The van der Waals surface area contributed by atoms with Crippen LogP contribution in [0.15, 0.2) is 48.7 Å². The first-order chi connectivity index (χ1) is 11.7. The third kappa shape index (κ3) is 2.72. The predicted octanol–water partition coefficient (Wildman–Crippen LogP) is 2.85. The van der Waals surface area contributed by atoms with Crippen molar-refractivity contribution in [2.45, 2.75) is 25.7 Å². The van der Waals surface area contributed by atoms with E-state index in [4.69, 9.17) is 4.98 Å². The molecular formula is C18H21BN4O. The van der Waals surface area contributed by atoms with Gasteiger partial charge in [-0.05, 0) is 44.9 Å². The largest absolute Gasteiger partial charge is 0.437 e. The Morgan fingerprint density at radius 3 is 2.54 bits per heavy atom. The molecule has 6 heteroatoms. The summed E-state index contributed by atoms with van der Waals surface area (Å²) in [7, 11) is -0.378. The van der Waals surface area contributed by atoms with Gasteiger partial charge in [0.15, 0.2) is 5.65 Å². The molecule has 0 unspecified atom stereocenters. The minimum absolute atomic E-state index is 0.357. The van der Waals surface area contributed by atoms with Gasteiger partial charge in [-0.15, -0.1) is 0 Å². The fraction of sp³-hybridized carbons (Fsp3) is 0.333. The first-order valence-electron chi connectivity index (χ1n) is 8.54. The molecule has 3 heterocycles. The van der Waals surface area contributed by atoms with Crippen LogP contribution in [-0.4, -0.2) is 44.5 Å². The lowest BCUT2D eigenvalue weighted by Crippen LogP contribution is -2.43. The number of fused-ring (bicyclic) bond motifs is 1. The molecule has 1 aliphatic heterocycles. The highest BCUT2D eigenvalue weighted by atomic mass is 16.2. The second kappa shape index (κ2) is 6.38. The monoisotopic (exact) mass is 320 g/mol. The maximum Gasteiger partial charge on any atom is 0.376 e. The van der Waals surface area contributed by atoms with Crippen LogP contribution in [0.1, 0.15) is 18.9 Å². The van der Waals surface area contributed by atoms with E-state index in [0.29, 0.717) is 6.04 Å². The van der Waals surface area contributed by atoms with Gasteiger partial charge in [0, 0.05) is 17.8 Å². The summed E-state index contributed by atoms with van der Waals surface area (Å²) in [6.45, 7) is 3.62. The van der Waals surface area contributed by atoms with E-state index in [1.54, 1.807) is 0 Å². The van der Waals surface area contributed by atoms with E-state index in [9.17, 15) is 5.02 Å². The summed E-state index contributed by atoms with van der Waals surface area (Å²) in [6, 6.07) is 14.6. The van der Waals surface area contributed by atoms with Crippen molar-refractivity contribution in [3.63, 3.8) is 0 Å². The van der Waals surface area contributed by atoms with Crippen LogP contribution in [0.4, 0.5) is 0 Å². The molecule has 1 N–H and O–H groups in total. The minimum atomic E-state index is -0.378. The van der Waals surface area contributed by atoms with Gasteiger partial charge in [0.25, 0.3) is 0 Å². The average molecular weight is 320 g/mol. The third-order valence-electron chi connectivity index (χ3n) is 4.87. The fourth-order valence-electron chi connectivity index (χ4n) is 3.58. The minimum Gasteiger partial charge on any atom is -0.437 e. The molecule has 1 aromatic carbocycles. The van der Waals surface area contributed by atoms with Crippen molar-refractivity contribution in [2.75, 3.05) is 13.1 Å². The Morgan fingerprint density at radius 2 is 1.83 bits per heavy atom. The molecule has 1 saturated heterocycles. The van der Waals surface area contributed by atoms with Crippen molar-refractivity contribution < 1.29 is 5.02 Å². The lowest BCUT2D eigenvalue weighted by atomic mass is 9.82. The molecule has 0 atom stereocenters. The second-order valence-corrected chi connectivity index (χ2v) is 6.42. The van der Waals surface area contributed by atoms with Crippen molar-refractivity contribution in [1.29, 1.82) is 0 Å². The zero-order chi connectivity index (χ0) is 16.5. The number of benzene rings is 1. The molecule has 2 aromatic heterocycles. The Morgan fingerprint density at radius 1 is 1.08 bits per heavy atom. The van der Waals surface area contributed by atoms with Crippen molar-refractivity contribution in [3.8, 4) is 11.4 Å². The van der Waals surface area contributed by atoms with E-state index in [0.717, 1.165) is 48.5 Å². The van der Waals surface area contributed by atoms with Crippen LogP contribution >= 0.6 is 0 Å². The van der Waals surface area contributed by atoms with Gasteiger partial charge in [0.2, 0.25) is 0 Å². The standard InChI is InChI=1S/C18H21BN4O/c1-19(24)22-12-9-15(10-13-22)23-17(14-6-3-2-4-7-14)21-16-8-5-11-20-18(16)23/h2-8,11,15,24H,9-10,12-13H2,1H3. The number of rotatable bonds is 3. The maximum atomic E-state index is 9.79. The summed E-state index contributed by atoms with van der Waals surface area (Å²) in [4.78, 5) is 11.6. The average Bonchev–Trinajstić information content (AvgIpc) is 3.02. The van der Waals surface area contributed by atoms with Gasteiger partial charge in [-0.2, -0.15) is 0 Å². The van der Waals surface area contributed by atoms with Crippen LogP contribution in [-0.2, 0) is 0 Å². The van der Waals surface area contributed by atoms with Crippen LogP contribution in [0, 0.1) is 0 Å². The molecule has 0 aliphatic carbocycles. The summed E-state index contributed by atoms with van der Waals surface area (Å²) in [5.41, 5.74) is 3.01. The van der Waals surface area contributed by atoms with Crippen LogP contribution in [0.2, 0.25) is 6.82 Å². The molecule has 0 amide bonds. The number of piperidine rings is 1. The van der Waals surface area contributed by atoms with E-state index < -0.39 is 0 Å². The molecular weight excluding hydrogens is 299 g/mol. The summed E-state index contributed by atoms with van der Waals surface area (Å²) >= 11 is 0. The van der Waals surface area contributed by atoms with Gasteiger partial charge in [0.05, 0.1) is 0 Å². The molecule has 0 spiro atoms. The van der Waals surface area contributed by atoms with Gasteiger partial charge in [-0.1, -0.05) is 30.3 Å². The highest BCUT2D eigenvalue weighted by molar-refractivity contribution is 6.45. The second-order valence-electron chi connectivity index (χ2n) is 6.42. The molecule has 5 nitrogen and oxygen atoms in total. The highest BCUT2D eigenvalue weighted by Crippen LogP contribution is 2.32. The Hall–Kier alpha value is -2.18. The van der Waals surface area contributed by atoms with Crippen LogP contribution in [0.3, 0.4) is 0 Å². The highest BCUT2D eigenvalue weighted by Gasteiger charge is 2.28. The molecule has 4 rings (SSSR count). The SMILES string of the molecule is CB(O)N1CCC(n2c(-c3ccccc3)nc3cccnc32)CC1. The van der Waals surface area contributed by atoms with Gasteiger partial charge in [-0.3, -0.25) is 0 Å². The van der Waals surface area contributed by atoms with E-state index in [1.807, 2.05) is 43.4 Å². The van der Waals surface area contributed by atoms with E-state index >= 15 is 0 Å². The van der Waals surface area contributed by atoms with E-state index in [1.165, 1.54) is 0 Å². The van der Waals surface area contributed by atoms with Gasteiger partial charge >= 0.3 is 7.05 Å². The zero-order valence-electron chi connectivity index (χ0n) is 13.8. The molecule has 0 saturated carbocycles. The number of hydrogen-bond acceptors (Lipinski definition) is 4. The topological polar surface area (TPSA) is 54.2 Å². The van der Waals surface area contributed by atoms with Gasteiger partial charge in [0.1, 0.15) is 11.3 Å². The molecule has 1 aliphatic rings. The van der Waals surface area contributed by atoms with Crippen LogP contribution in [0.25, 0.3) is 22.6 Å². The summed E-state index contributed by atoms with van der Waals surface area (Å²) in [5.74, 6) is 0.986. The third-order valence-corrected chi connectivity index (χ3v) is 4.87. The first-order valence-corrected chi connectivity index (χ1v) is 8.54. The van der Waals surface area contributed by atoms with Crippen molar-refractivity contribution in [2.24, 2.45) is 0 Å². The summed E-state index contributed by atoms with van der Waals surface area (Å²) < 4.78 is 2.30. The molecule has 122 valence electrons.